The maximum Gasteiger partial charge on any atom is 0.167 e. The highest BCUT2D eigenvalue weighted by Crippen LogP contribution is 2.09. The van der Waals surface area contributed by atoms with Gasteiger partial charge in [0.15, 0.2) is 5.82 Å². The van der Waals surface area contributed by atoms with Gasteiger partial charge < -0.3 is 5.73 Å². The van der Waals surface area contributed by atoms with Gasteiger partial charge >= 0.3 is 0 Å². The van der Waals surface area contributed by atoms with Gasteiger partial charge in [-0.3, -0.25) is 4.98 Å². The zero-order chi connectivity index (χ0) is 6.85. The normalized spacial score (nSPS) is 8.60. The van der Waals surface area contributed by atoms with Crippen molar-refractivity contribution in [3.63, 3.8) is 0 Å². The largest absolute Gasteiger partial charge is 0.396 e. The molecular weight excluding hydrogens is 155 g/mol. The molecule has 1 rings (SSSR count). The van der Waals surface area contributed by atoms with Gasteiger partial charge in [-0.15, -0.1) is 12.4 Å². The summed E-state index contributed by atoms with van der Waals surface area (Å²) in [6.45, 7) is 1.58. The SMILES string of the molecule is Cc1nccc(N)c1F.Cl. The van der Waals surface area contributed by atoms with Crippen molar-refractivity contribution in [1.82, 2.24) is 4.98 Å². The first-order valence-electron chi connectivity index (χ1n) is 2.58. The average molecular weight is 163 g/mol. The number of aryl methyl sites for hydroxylation is 1. The minimum Gasteiger partial charge on any atom is -0.396 e. The van der Waals surface area contributed by atoms with Crippen molar-refractivity contribution in [1.29, 1.82) is 0 Å². The van der Waals surface area contributed by atoms with E-state index in [0.29, 0.717) is 5.69 Å². The van der Waals surface area contributed by atoms with Gasteiger partial charge in [-0.25, -0.2) is 4.39 Å². The quantitative estimate of drug-likeness (QED) is 0.629. The summed E-state index contributed by atoms with van der Waals surface area (Å²) in [6.07, 6.45) is 1.48. The lowest BCUT2D eigenvalue weighted by Gasteiger charge is -1.95. The molecule has 0 amide bonds. The number of hydrogen-bond acceptors (Lipinski definition) is 2. The molecule has 0 aliphatic heterocycles. The Hall–Kier alpha value is -0.830. The Kier molecular flexibility index (Phi) is 3.09. The van der Waals surface area contributed by atoms with E-state index in [1.54, 1.807) is 6.92 Å². The Bertz CT molecular complexity index is 207. The van der Waals surface area contributed by atoms with Gasteiger partial charge in [0.2, 0.25) is 0 Å². The highest BCUT2D eigenvalue weighted by molar-refractivity contribution is 5.85. The molecular formula is C6H8ClFN2. The predicted octanol–water partition coefficient (Wildman–Crippen LogP) is 1.53. The van der Waals surface area contributed by atoms with E-state index in [1.807, 2.05) is 0 Å². The topological polar surface area (TPSA) is 38.9 Å². The second-order valence-corrected chi connectivity index (χ2v) is 1.80. The van der Waals surface area contributed by atoms with E-state index in [4.69, 9.17) is 5.73 Å². The first kappa shape index (κ1) is 9.17. The fourth-order valence-corrected chi connectivity index (χ4v) is 0.568. The van der Waals surface area contributed by atoms with Crippen molar-refractivity contribution >= 4 is 18.1 Å². The van der Waals surface area contributed by atoms with E-state index >= 15 is 0 Å². The molecule has 0 aliphatic carbocycles. The zero-order valence-corrected chi connectivity index (χ0v) is 6.28. The van der Waals surface area contributed by atoms with Crippen LogP contribution in [0.15, 0.2) is 12.3 Å². The molecule has 1 aromatic heterocycles. The van der Waals surface area contributed by atoms with Crippen LogP contribution in [0.3, 0.4) is 0 Å². The van der Waals surface area contributed by atoms with Crippen molar-refractivity contribution in [2.24, 2.45) is 0 Å². The number of nitrogen functional groups attached to an aromatic ring is 1. The Morgan fingerprint density at radius 3 is 2.60 bits per heavy atom. The summed E-state index contributed by atoms with van der Waals surface area (Å²) in [5.41, 5.74) is 5.70. The summed E-state index contributed by atoms with van der Waals surface area (Å²) in [6, 6.07) is 1.43. The van der Waals surface area contributed by atoms with E-state index in [2.05, 4.69) is 4.98 Å². The first-order chi connectivity index (χ1) is 4.22. The third-order valence-corrected chi connectivity index (χ3v) is 1.09. The van der Waals surface area contributed by atoms with Gasteiger partial charge in [0.05, 0.1) is 11.4 Å². The van der Waals surface area contributed by atoms with Crippen molar-refractivity contribution in [2.45, 2.75) is 6.92 Å². The molecule has 0 spiro atoms. The number of nitrogens with two attached hydrogens (primary N) is 1. The molecule has 2 N–H and O–H groups in total. The van der Waals surface area contributed by atoms with Crippen LogP contribution in [-0.2, 0) is 0 Å². The van der Waals surface area contributed by atoms with E-state index in [1.165, 1.54) is 12.3 Å². The standard InChI is InChI=1S/C6H7FN2.ClH/c1-4-6(7)5(8)2-3-9-4;/h2-3H,1H3,(H2,8,9);1H. The predicted molar refractivity (Wildman–Crippen MR) is 40.6 cm³/mol. The second-order valence-electron chi connectivity index (χ2n) is 1.80. The fraction of sp³-hybridized carbons (Fsp3) is 0.167. The van der Waals surface area contributed by atoms with Gasteiger partial charge in [0.25, 0.3) is 0 Å². The van der Waals surface area contributed by atoms with Gasteiger partial charge in [-0.2, -0.15) is 0 Å². The molecule has 0 unspecified atom stereocenters. The smallest absolute Gasteiger partial charge is 0.167 e. The third-order valence-electron chi connectivity index (χ3n) is 1.09. The molecule has 1 aromatic rings. The maximum atomic E-state index is 12.5. The van der Waals surface area contributed by atoms with E-state index in [9.17, 15) is 4.39 Å². The summed E-state index contributed by atoms with van der Waals surface area (Å²) < 4.78 is 12.5. The van der Waals surface area contributed by atoms with Crippen LogP contribution in [-0.4, -0.2) is 4.98 Å². The van der Waals surface area contributed by atoms with Crippen molar-refractivity contribution in [2.75, 3.05) is 5.73 Å². The summed E-state index contributed by atoms with van der Waals surface area (Å²) in [4.78, 5) is 3.68. The monoisotopic (exact) mass is 162 g/mol. The number of aromatic nitrogens is 1. The van der Waals surface area contributed by atoms with E-state index in [0.717, 1.165) is 0 Å². The third kappa shape index (κ3) is 1.57. The number of rotatable bonds is 0. The first-order valence-corrected chi connectivity index (χ1v) is 2.58. The molecule has 0 radical (unpaired) electrons. The highest BCUT2D eigenvalue weighted by atomic mass is 35.5. The lowest BCUT2D eigenvalue weighted by Crippen LogP contribution is -1.94. The van der Waals surface area contributed by atoms with Gasteiger partial charge in [0.1, 0.15) is 0 Å². The fourth-order valence-electron chi connectivity index (χ4n) is 0.568. The molecule has 2 nitrogen and oxygen atoms in total. The molecule has 0 saturated carbocycles. The van der Waals surface area contributed by atoms with Crippen LogP contribution in [0.5, 0.6) is 0 Å². The molecule has 0 bridgehead atoms. The van der Waals surface area contributed by atoms with Gasteiger partial charge in [0, 0.05) is 6.20 Å². The molecule has 0 aliphatic rings. The minimum atomic E-state index is -0.419. The lowest BCUT2D eigenvalue weighted by atomic mass is 10.3. The van der Waals surface area contributed by atoms with Crippen molar-refractivity contribution in [3.05, 3.63) is 23.8 Å². The lowest BCUT2D eigenvalue weighted by molar-refractivity contribution is 0.614. The van der Waals surface area contributed by atoms with Crippen LogP contribution in [0, 0.1) is 12.7 Å². The van der Waals surface area contributed by atoms with Gasteiger partial charge in [-0.1, -0.05) is 0 Å². The number of halogens is 2. The summed E-state index contributed by atoms with van der Waals surface area (Å²) in [5, 5.41) is 0. The summed E-state index contributed by atoms with van der Waals surface area (Å²) in [5.74, 6) is -0.419. The van der Waals surface area contributed by atoms with Crippen LogP contribution < -0.4 is 5.73 Å². The van der Waals surface area contributed by atoms with Gasteiger partial charge in [-0.05, 0) is 13.0 Å². The van der Waals surface area contributed by atoms with Crippen LogP contribution in [0.4, 0.5) is 10.1 Å². The molecule has 0 saturated heterocycles. The van der Waals surface area contributed by atoms with Crippen molar-refractivity contribution < 1.29 is 4.39 Å². The maximum absolute atomic E-state index is 12.5. The second kappa shape index (κ2) is 3.37. The molecule has 1 heterocycles. The summed E-state index contributed by atoms with van der Waals surface area (Å²) >= 11 is 0. The van der Waals surface area contributed by atoms with Crippen LogP contribution in [0.1, 0.15) is 5.69 Å². The molecule has 56 valence electrons. The Morgan fingerprint density at radius 1 is 1.60 bits per heavy atom. The van der Waals surface area contributed by atoms with Crippen LogP contribution in [0.25, 0.3) is 0 Å². The van der Waals surface area contributed by atoms with E-state index < -0.39 is 5.82 Å². The van der Waals surface area contributed by atoms with E-state index in [-0.39, 0.29) is 18.1 Å². The number of nitrogens with zero attached hydrogens (tertiary/aromatic N) is 1. The summed E-state index contributed by atoms with van der Waals surface area (Å²) in [7, 11) is 0. The number of pyridine rings is 1. The number of anilines is 1. The average Bonchev–Trinajstić information content (AvgIpc) is 1.83. The molecule has 4 heteroatoms. The Morgan fingerprint density at radius 2 is 2.20 bits per heavy atom. The minimum absolute atomic E-state index is 0. The van der Waals surface area contributed by atoms with Crippen LogP contribution >= 0.6 is 12.4 Å². The van der Waals surface area contributed by atoms with Crippen molar-refractivity contribution in [3.8, 4) is 0 Å². The molecule has 0 atom stereocenters. The molecule has 0 fully saturated rings. The number of hydrogen-bond donors (Lipinski definition) is 1. The van der Waals surface area contributed by atoms with Crippen LogP contribution in [0.2, 0.25) is 0 Å². The molecule has 10 heavy (non-hydrogen) atoms. The highest BCUT2D eigenvalue weighted by Gasteiger charge is 1.99. The Labute approximate surface area is 64.7 Å². The Balaban J connectivity index is 0.000000810. The zero-order valence-electron chi connectivity index (χ0n) is 5.47. The molecule has 0 aromatic carbocycles.